The van der Waals surface area contributed by atoms with Crippen molar-refractivity contribution in [3.8, 4) is 5.75 Å². The van der Waals surface area contributed by atoms with Gasteiger partial charge in [0, 0.05) is 6.61 Å². The standard InChI is InChI=1S/C13H18O2/c1-10-6-11(2)8-13(7-10)15-12-4-3-5-14-9-12/h6-8,12H,3-5,9H2,1-2H3. The molecule has 82 valence electrons. The van der Waals surface area contributed by atoms with E-state index in [4.69, 9.17) is 9.47 Å². The zero-order chi connectivity index (χ0) is 10.7. The Hall–Kier alpha value is -1.02. The molecule has 2 nitrogen and oxygen atoms in total. The number of benzene rings is 1. The summed E-state index contributed by atoms with van der Waals surface area (Å²) in [5.41, 5.74) is 2.50. The van der Waals surface area contributed by atoms with E-state index in [9.17, 15) is 0 Å². The first kappa shape index (κ1) is 10.5. The van der Waals surface area contributed by atoms with Gasteiger partial charge in [0.05, 0.1) is 6.61 Å². The maximum Gasteiger partial charge on any atom is 0.122 e. The van der Waals surface area contributed by atoms with E-state index in [-0.39, 0.29) is 6.10 Å². The molecule has 1 aromatic carbocycles. The largest absolute Gasteiger partial charge is 0.488 e. The lowest BCUT2D eigenvalue weighted by Gasteiger charge is -2.23. The molecule has 1 unspecified atom stereocenters. The van der Waals surface area contributed by atoms with Crippen LogP contribution in [0.2, 0.25) is 0 Å². The highest BCUT2D eigenvalue weighted by Gasteiger charge is 2.15. The van der Waals surface area contributed by atoms with Crippen molar-refractivity contribution in [1.29, 1.82) is 0 Å². The predicted octanol–water partition coefficient (Wildman–Crippen LogP) is 2.86. The van der Waals surface area contributed by atoms with Gasteiger partial charge in [-0.3, -0.25) is 0 Å². The zero-order valence-electron chi connectivity index (χ0n) is 9.45. The van der Waals surface area contributed by atoms with Gasteiger partial charge in [-0.15, -0.1) is 0 Å². The van der Waals surface area contributed by atoms with Gasteiger partial charge in [0.1, 0.15) is 11.9 Å². The molecule has 2 heteroatoms. The number of hydrogen-bond donors (Lipinski definition) is 0. The fraction of sp³-hybridized carbons (Fsp3) is 0.538. The molecular formula is C13H18O2. The number of rotatable bonds is 2. The van der Waals surface area contributed by atoms with Crippen molar-refractivity contribution in [2.45, 2.75) is 32.8 Å². The van der Waals surface area contributed by atoms with Crippen LogP contribution in [0, 0.1) is 13.8 Å². The fourth-order valence-electron chi connectivity index (χ4n) is 2.00. The maximum absolute atomic E-state index is 5.89. The molecule has 1 aliphatic rings. The number of hydrogen-bond acceptors (Lipinski definition) is 2. The molecule has 0 aliphatic carbocycles. The van der Waals surface area contributed by atoms with Crippen LogP contribution in [0.4, 0.5) is 0 Å². The minimum atomic E-state index is 0.236. The summed E-state index contributed by atoms with van der Waals surface area (Å²) < 4.78 is 11.3. The topological polar surface area (TPSA) is 18.5 Å². The van der Waals surface area contributed by atoms with Gasteiger partial charge in [0.2, 0.25) is 0 Å². The maximum atomic E-state index is 5.89. The van der Waals surface area contributed by atoms with Gasteiger partial charge >= 0.3 is 0 Å². The summed E-state index contributed by atoms with van der Waals surface area (Å²) in [4.78, 5) is 0. The van der Waals surface area contributed by atoms with Gasteiger partial charge < -0.3 is 9.47 Å². The van der Waals surface area contributed by atoms with Crippen molar-refractivity contribution in [3.05, 3.63) is 29.3 Å². The summed E-state index contributed by atoms with van der Waals surface area (Å²) in [6, 6.07) is 6.33. The molecule has 15 heavy (non-hydrogen) atoms. The van der Waals surface area contributed by atoms with Crippen LogP contribution in [-0.2, 0) is 4.74 Å². The van der Waals surface area contributed by atoms with Gasteiger partial charge in [-0.25, -0.2) is 0 Å². The van der Waals surface area contributed by atoms with E-state index in [1.54, 1.807) is 0 Å². The highest BCUT2D eigenvalue weighted by atomic mass is 16.5. The average molecular weight is 206 g/mol. The second-order valence-corrected chi connectivity index (χ2v) is 4.28. The van der Waals surface area contributed by atoms with Gasteiger partial charge in [0.15, 0.2) is 0 Å². The lowest BCUT2D eigenvalue weighted by Crippen LogP contribution is -2.28. The summed E-state index contributed by atoms with van der Waals surface area (Å²) in [5, 5.41) is 0. The lowest BCUT2D eigenvalue weighted by atomic mass is 10.1. The molecule has 0 N–H and O–H groups in total. The number of aryl methyl sites for hydroxylation is 2. The Morgan fingerprint density at radius 2 is 1.93 bits per heavy atom. The first-order valence-electron chi connectivity index (χ1n) is 5.57. The minimum Gasteiger partial charge on any atom is -0.488 e. The summed E-state index contributed by atoms with van der Waals surface area (Å²) in [6.07, 6.45) is 2.45. The molecule has 1 aromatic rings. The van der Waals surface area contributed by atoms with Gasteiger partial charge in [-0.05, 0) is 49.9 Å². The van der Waals surface area contributed by atoms with Crippen molar-refractivity contribution in [3.63, 3.8) is 0 Å². The van der Waals surface area contributed by atoms with Crippen LogP contribution in [0.1, 0.15) is 24.0 Å². The predicted molar refractivity (Wildman–Crippen MR) is 60.4 cm³/mol. The molecule has 1 aliphatic heterocycles. The molecule has 0 bridgehead atoms. The third-order valence-corrected chi connectivity index (χ3v) is 2.62. The lowest BCUT2D eigenvalue weighted by molar-refractivity contribution is 0.00739. The normalized spacial score (nSPS) is 21.3. The molecule has 1 fully saturated rings. The molecular weight excluding hydrogens is 188 g/mol. The summed E-state index contributed by atoms with van der Waals surface area (Å²) in [5.74, 6) is 0.975. The van der Waals surface area contributed by atoms with Crippen molar-refractivity contribution < 1.29 is 9.47 Å². The van der Waals surface area contributed by atoms with Crippen LogP contribution in [0.5, 0.6) is 5.75 Å². The Labute approximate surface area is 91.2 Å². The van der Waals surface area contributed by atoms with Gasteiger partial charge in [-0.2, -0.15) is 0 Å². The molecule has 0 amide bonds. The van der Waals surface area contributed by atoms with E-state index in [0.29, 0.717) is 0 Å². The quantitative estimate of drug-likeness (QED) is 0.740. The summed E-state index contributed by atoms with van der Waals surface area (Å²) >= 11 is 0. The van der Waals surface area contributed by atoms with Crippen molar-refractivity contribution >= 4 is 0 Å². The highest BCUT2D eigenvalue weighted by molar-refractivity contribution is 5.33. The fourth-order valence-corrected chi connectivity index (χ4v) is 2.00. The Bertz CT molecular complexity index is 307. The Morgan fingerprint density at radius 3 is 2.53 bits per heavy atom. The molecule has 0 radical (unpaired) electrons. The molecule has 2 rings (SSSR count). The molecule has 1 saturated heterocycles. The second kappa shape index (κ2) is 4.67. The Morgan fingerprint density at radius 1 is 1.20 bits per heavy atom. The average Bonchev–Trinajstić information content (AvgIpc) is 2.17. The van der Waals surface area contributed by atoms with E-state index in [0.717, 1.165) is 31.8 Å². The molecule has 1 heterocycles. The van der Waals surface area contributed by atoms with E-state index in [1.165, 1.54) is 11.1 Å². The van der Waals surface area contributed by atoms with E-state index in [1.807, 2.05) is 0 Å². The molecule has 0 saturated carbocycles. The van der Waals surface area contributed by atoms with Crippen LogP contribution in [0.3, 0.4) is 0 Å². The van der Waals surface area contributed by atoms with Gasteiger partial charge in [0.25, 0.3) is 0 Å². The Kier molecular flexibility index (Phi) is 3.27. The monoisotopic (exact) mass is 206 g/mol. The molecule has 0 aromatic heterocycles. The smallest absolute Gasteiger partial charge is 0.122 e. The van der Waals surface area contributed by atoms with Crippen molar-refractivity contribution in [1.82, 2.24) is 0 Å². The summed E-state index contributed by atoms with van der Waals surface area (Å²) in [6.45, 7) is 5.80. The zero-order valence-corrected chi connectivity index (χ0v) is 9.45. The van der Waals surface area contributed by atoms with Crippen LogP contribution >= 0.6 is 0 Å². The highest BCUT2D eigenvalue weighted by Crippen LogP contribution is 2.20. The second-order valence-electron chi connectivity index (χ2n) is 4.28. The minimum absolute atomic E-state index is 0.236. The van der Waals surface area contributed by atoms with E-state index in [2.05, 4.69) is 32.0 Å². The van der Waals surface area contributed by atoms with E-state index >= 15 is 0 Å². The van der Waals surface area contributed by atoms with Crippen molar-refractivity contribution in [2.75, 3.05) is 13.2 Å². The van der Waals surface area contributed by atoms with Crippen LogP contribution in [-0.4, -0.2) is 19.3 Å². The Balaban J connectivity index is 2.02. The first-order chi connectivity index (χ1) is 7.24. The van der Waals surface area contributed by atoms with E-state index < -0.39 is 0 Å². The third-order valence-electron chi connectivity index (χ3n) is 2.62. The molecule has 1 atom stereocenters. The van der Waals surface area contributed by atoms with Gasteiger partial charge in [-0.1, -0.05) is 6.07 Å². The summed E-state index contributed by atoms with van der Waals surface area (Å²) in [7, 11) is 0. The SMILES string of the molecule is Cc1cc(C)cc(OC2CCCOC2)c1. The first-order valence-corrected chi connectivity index (χ1v) is 5.57. The molecule has 0 spiro atoms. The van der Waals surface area contributed by atoms with Crippen LogP contribution in [0.25, 0.3) is 0 Å². The van der Waals surface area contributed by atoms with Crippen molar-refractivity contribution in [2.24, 2.45) is 0 Å². The van der Waals surface area contributed by atoms with Crippen LogP contribution < -0.4 is 4.74 Å². The number of ether oxygens (including phenoxy) is 2. The third kappa shape index (κ3) is 2.96. The van der Waals surface area contributed by atoms with Crippen LogP contribution in [0.15, 0.2) is 18.2 Å².